The fraction of sp³-hybridized carbons (Fsp3) is 0.333. The second-order valence-electron chi connectivity index (χ2n) is 3.94. The molecule has 5 heteroatoms. The molecule has 0 aliphatic rings. The van der Waals surface area contributed by atoms with Crippen molar-refractivity contribution in [2.45, 2.75) is 12.3 Å². The van der Waals surface area contributed by atoms with E-state index in [1.54, 1.807) is 38.4 Å². The maximum absolute atomic E-state index is 11.5. The van der Waals surface area contributed by atoms with Crippen molar-refractivity contribution in [1.29, 1.82) is 0 Å². The molecule has 1 N–H and O–H groups in total. The summed E-state index contributed by atoms with van der Waals surface area (Å²) in [5.74, 6) is -2.11. The highest BCUT2D eigenvalue weighted by Gasteiger charge is 2.24. The minimum absolute atomic E-state index is 0.0668. The van der Waals surface area contributed by atoms with Gasteiger partial charge in [-0.3, -0.25) is 9.59 Å². The lowest BCUT2D eigenvalue weighted by atomic mass is 9.95. The molecule has 92 valence electrons. The third-order valence-electron chi connectivity index (χ3n) is 2.43. The molecule has 0 spiro atoms. The van der Waals surface area contributed by atoms with E-state index in [-0.39, 0.29) is 12.3 Å². The summed E-state index contributed by atoms with van der Waals surface area (Å²) in [4.78, 5) is 24.1. The van der Waals surface area contributed by atoms with Crippen molar-refractivity contribution >= 4 is 23.5 Å². The van der Waals surface area contributed by atoms with E-state index in [2.05, 4.69) is 0 Å². The van der Waals surface area contributed by atoms with Crippen molar-refractivity contribution in [2.75, 3.05) is 14.1 Å². The Morgan fingerprint density at radius 3 is 2.53 bits per heavy atom. The molecule has 0 aliphatic heterocycles. The van der Waals surface area contributed by atoms with E-state index in [1.165, 1.54) is 4.90 Å². The van der Waals surface area contributed by atoms with Crippen molar-refractivity contribution in [1.82, 2.24) is 4.90 Å². The summed E-state index contributed by atoms with van der Waals surface area (Å²) in [7, 11) is 3.19. The van der Waals surface area contributed by atoms with Crippen LogP contribution >= 0.6 is 11.6 Å². The predicted molar refractivity (Wildman–Crippen MR) is 65.1 cm³/mol. The Morgan fingerprint density at radius 1 is 1.41 bits per heavy atom. The molecule has 1 amide bonds. The molecular formula is C12H14ClNO3. The maximum atomic E-state index is 11.5. The Balaban J connectivity index is 2.94. The van der Waals surface area contributed by atoms with Gasteiger partial charge in [-0.1, -0.05) is 23.7 Å². The number of carboxylic acid groups (broad SMARTS) is 1. The fourth-order valence-electron chi connectivity index (χ4n) is 1.43. The van der Waals surface area contributed by atoms with Crippen molar-refractivity contribution in [3.05, 3.63) is 34.9 Å². The van der Waals surface area contributed by atoms with Gasteiger partial charge in [0.15, 0.2) is 0 Å². The van der Waals surface area contributed by atoms with Crippen LogP contribution in [0.3, 0.4) is 0 Å². The van der Waals surface area contributed by atoms with Gasteiger partial charge in [0.25, 0.3) is 0 Å². The predicted octanol–water partition coefficient (Wildman–Crippen LogP) is 1.99. The first-order chi connectivity index (χ1) is 7.91. The summed E-state index contributed by atoms with van der Waals surface area (Å²) in [6.45, 7) is 0. The van der Waals surface area contributed by atoms with Crippen molar-refractivity contribution < 1.29 is 14.7 Å². The lowest BCUT2D eigenvalue weighted by Gasteiger charge is -2.16. The van der Waals surface area contributed by atoms with Crippen LogP contribution in [0.25, 0.3) is 0 Å². The topological polar surface area (TPSA) is 57.6 Å². The fourth-order valence-corrected chi connectivity index (χ4v) is 1.63. The zero-order chi connectivity index (χ0) is 13.0. The second kappa shape index (κ2) is 5.68. The number of hydrogen-bond donors (Lipinski definition) is 1. The Hall–Kier alpha value is -1.55. The standard InChI is InChI=1S/C12H14ClNO3/c1-14(2)11(15)7-10(12(16)17)8-4-3-5-9(13)6-8/h3-6,10H,7H2,1-2H3,(H,16,17). The number of rotatable bonds is 4. The van der Waals surface area contributed by atoms with Gasteiger partial charge in [0.1, 0.15) is 0 Å². The summed E-state index contributed by atoms with van der Waals surface area (Å²) < 4.78 is 0. The number of hydrogen-bond acceptors (Lipinski definition) is 2. The van der Waals surface area contributed by atoms with Crippen molar-refractivity contribution in [3.63, 3.8) is 0 Å². The second-order valence-corrected chi connectivity index (χ2v) is 4.37. The average Bonchev–Trinajstić information content (AvgIpc) is 2.24. The molecule has 4 nitrogen and oxygen atoms in total. The quantitative estimate of drug-likeness (QED) is 0.895. The molecule has 1 aromatic carbocycles. The van der Waals surface area contributed by atoms with Crippen LogP contribution in [-0.4, -0.2) is 36.0 Å². The molecule has 17 heavy (non-hydrogen) atoms. The normalized spacial score (nSPS) is 11.9. The van der Waals surface area contributed by atoms with Crippen LogP contribution in [0.5, 0.6) is 0 Å². The first kappa shape index (κ1) is 13.5. The van der Waals surface area contributed by atoms with Crippen LogP contribution in [0.4, 0.5) is 0 Å². The largest absolute Gasteiger partial charge is 0.481 e. The van der Waals surface area contributed by atoms with Gasteiger partial charge in [-0.15, -0.1) is 0 Å². The van der Waals surface area contributed by atoms with E-state index >= 15 is 0 Å². The van der Waals surface area contributed by atoms with Gasteiger partial charge in [0, 0.05) is 25.5 Å². The van der Waals surface area contributed by atoms with E-state index in [4.69, 9.17) is 16.7 Å². The SMILES string of the molecule is CN(C)C(=O)CC(C(=O)O)c1cccc(Cl)c1. The zero-order valence-corrected chi connectivity index (χ0v) is 10.4. The van der Waals surface area contributed by atoms with Crippen molar-refractivity contribution in [2.24, 2.45) is 0 Å². The number of carboxylic acids is 1. The number of nitrogens with zero attached hydrogens (tertiary/aromatic N) is 1. The molecule has 0 aromatic heterocycles. The molecule has 1 rings (SSSR count). The molecule has 0 heterocycles. The summed E-state index contributed by atoms with van der Waals surface area (Å²) in [6, 6.07) is 6.57. The molecule has 0 fully saturated rings. The third kappa shape index (κ3) is 3.75. The van der Waals surface area contributed by atoms with Gasteiger partial charge < -0.3 is 10.0 Å². The first-order valence-corrected chi connectivity index (χ1v) is 5.48. The van der Waals surface area contributed by atoms with Gasteiger partial charge in [0.05, 0.1) is 5.92 Å². The number of carbonyl (C=O) groups excluding carboxylic acids is 1. The number of carbonyl (C=O) groups is 2. The Morgan fingerprint density at radius 2 is 2.06 bits per heavy atom. The van der Waals surface area contributed by atoms with Gasteiger partial charge in [-0.05, 0) is 17.7 Å². The lowest BCUT2D eigenvalue weighted by Crippen LogP contribution is -2.26. The molecule has 0 bridgehead atoms. The van der Waals surface area contributed by atoms with E-state index in [9.17, 15) is 9.59 Å². The highest BCUT2D eigenvalue weighted by Crippen LogP contribution is 2.23. The van der Waals surface area contributed by atoms with Crippen LogP contribution < -0.4 is 0 Å². The monoisotopic (exact) mass is 255 g/mol. The summed E-state index contributed by atoms with van der Waals surface area (Å²) in [5, 5.41) is 9.60. The van der Waals surface area contributed by atoms with Gasteiger partial charge in [-0.2, -0.15) is 0 Å². The van der Waals surface area contributed by atoms with Gasteiger partial charge in [-0.25, -0.2) is 0 Å². The molecule has 1 atom stereocenters. The molecule has 0 radical (unpaired) electrons. The number of amides is 1. The van der Waals surface area contributed by atoms with Crippen LogP contribution in [0.2, 0.25) is 5.02 Å². The minimum Gasteiger partial charge on any atom is -0.481 e. The van der Waals surface area contributed by atoms with Crippen LogP contribution in [0, 0.1) is 0 Å². The van der Waals surface area contributed by atoms with Crippen LogP contribution in [-0.2, 0) is 9.59 Å². The Kier molecular flexibility index (Phi) is 4.52. The molecule has 0 saturated heterocycles. The van der Waals surface area contributed by atoms with E-state index < -0.39 is 11.9 Å². The minimum atomic E-state index is -1.03. The summed E-state index contributed by atoms with van der Waals surface area (Å²) in [6.07, 6.45) is -0.0668. The number of halogens is 1. The van der Waals surface area contributed by atoms with Gasteiger partial charge in [0.2, 0.25) is 5.91 Å². The average molecular weight is 256 g/mol. The Bertz CT molecular complexity index is 432. The molecule has 0 saturated carbocycles. The highest BCUT2D eigenvalue weighted by molar-refractivity contribution is 6.30. The summed E-state index contributed by atoms with van der Waals surface area (Å²) >= 11 is 5.80. The maximum Gasteiger partial charge on any atom is 0.311 e. The lowest BCUT2D eigenvalue weighted by molar-refractivity contribution is -0.142. The van der Waals surface area contributed by atoms with Crippen LogP contribution in [0.15, 0.2) is 24.3 Å². The van der Waals surface area contributed by atoms with E-state index in [0.717, 1.165) is 0 Å². The smallest absolute Gasteiger partial charge is 0.311 e. The Labute approximate surface area is 105 Å². The number of aliphatic carboxylic acids is 1. The van der Waals surface area contributed by atoms with Crippen LogP contribution in [0.1, 0.15) is 17.9 Å². The molecule has 0 aliphatic carbocycles. The molecule has 1 unspecified atom stereocenters. The van der Waals surface area contributed by atoms with E-state index in [1.807, 2.05) is 0 Å². The molecule has 1 aromatic rings. The zero-order valence-electron chi connectivity index (χ0n) is 9.68. The highest BCUT2D eigenvalue weighted by atomic mass is 35.5. The van der Waals surface area contributed by atoms with Gasteiger partial charge >= 0.3 is 5.97 Å². The van der Waals surface area contributed by atoms with Crippen molar-refractivity contribution in [3.8, 4) is 0 Å². The number of benzene rings is 1. The molecular weight excluding hydrogens is 242 g/mol. The first-order valence-electron chi connectivity index (χ1n) is 5.10. The summed E-state index contributed by atoms with van der Waals surface area (Å²) in [5.41, 5.74) is 0.542. The third-order valence-corrected chi connectivity index (χ3v) is 2.66. The van der Waals surface area contributed by atoms with E-state index in [0.29, 0.717) is 10.6 Å².